The summed E-state index contributed by atoms with van der Waals surface area (Å²) in [5.41, 5.74) is 6.69. The molecule has 0 aliphatic heterocycles. The second kappa shape index (κ2) is 11.7. The second-order valence-corrected chi connectivity index (χ2v) is 10.5. The number of carbonyl (C=O) groups excluding carboxylic acids is 1. The number of anilines is 1. The highest BCUT2D eigenvalue weighted by molar-refractivity contribution is 5.98. The van der Waals surface area contributed by atoms with Crippen LogP contribution in [0.5, 0.6) is 5.75 Å². The van der Waals surface area contributed by atoms with Gasteiger partial charge >= 0.3 is 0 Å². The third kappa shape index (κ3) is 5.83. The molecule has 1 amide bonds. The lowest BCUT2D eigenvalue weighted by molar-refractivity contribution is -0.120. The van der Waals surface area contributed by atoms with Crippen LogP contribution in [-0.4, -0.2) is 15.7 Å². The summed E-state index contributed by atoms with van der Waals surface area (Å²) in [5.74, 6) is 1.18. The number of nitrogens with zero attached hydrogens (tertiary/aromatic N) is 3. The predicted molar refractivity (Wildman–Crippen MR) is 153 cm³/mol. The Labute approximate surface area is 226 Å². The molecule has 0 radical (unpaired) electrons. The Morgan fingerprint density at radius 3 is 2.55 bits per heavy atom. The third-order valence-corrected chi connectivity index (χ3v) is 7.47. The number of benzene rings is 3. The fourth-order valence-electron chi connectivity index (χ4n) is 5.23. The number of hydrogen-bond acceptors (Lipinski definition) is 3. The minimum Gasteiger partial charge on any atom is -0.489 e. The van der Waals surface area contributed by atoms with Crippen LogP contribution in [0.15, 0.2) is 85.2 Å². The van der Waals surface area contributed by atoms with Crippen molar-refractivity contribution in [1.82, 2.24) is 9.78 Å². The summed E-state index contributed by atoms with van der Waals surface area (Å²) in [6.45, 7) is 8.25. The summed E-state index contributed by atoms with van der Waals surface area (Å²) in [6, 6.07) is 24.9. The molecule has 5 heteroatoms. The molecule has 0 saturated heterocycles. The molecule has 1 aliphatic rings. The van der Waals surface area contributed by atoms with Gasteiger partial charge in [0.05, 0.1) is 18.7 Å². The molecular weight excluding hydrogens is 470 g/mol. The standard InChI is InChI=1S/C33H37N3O2/c1-4-35-21-26(20-34-35)22-36(29-16-13-27(14-17-29)24(2)3)33(37)31-12-8-11-28-15-18-30(19-32(28)31)38-23-25-9-6-5-7-10-25/h5-7,9-10,13-21,24,31H,4,8,11-12,22-23H2,1-3H3. The van der Waals surface area contributed by atoms with Crippen molar-refractivity contribution < 1.29 is 9.53 Å². The number of carbonyl (C=O) groups is 1. The number of fused-ring (bicyclic) bond motifs is 1. The Morgan fingerprint density at radius 2 is 1.84 bits per heavy atom. The Morgan fingerprint density at radius 1 is 1.05 bits per heavy atom. The van der Waals surface area contributed by atoms with Gasteiger partial charge in [-0.3, -0.25) is 9.48 Å². The zero-order chi connectivity index (χ0) is 26.5. The van der Waals surface area contributed by atoms with Crippen LogP contribution in [0.3, 0.4) is 0 Å². The molecule has 1 heterocycles. The van der Waals surface area contributed by atoms with Crippen molar-refractivity contribution in [1.29, 1.82) is 0 Å². The quantitative estimate of drug-likeness (QED) is 0.240. The van der Waals surface area contributed by atoms with E-state index in [0.717, 1.165) is 53.9 Å². The predicted octanol–water partition coefficient (Wildman–Crippen LogP) is 7.26. The number of aryl methyl sites for hydroxylation is 2. The van der Waals surface area contributed by atoms with E-state index in [2.05, 4.69) is 74.4 Å². The summed E-state index contributed by atoms with van der Waals surface area (Å²) in [5, 5.41) is 4.45. The zero-order valence-electron chi connectivity index (χ0n) is 22.6. The highest BCUT2D eigenvalue weighted by Gasteiger charge is 2.31. The van der Waals surface area contributed by atoms with E-state index in [-0.39, 0.29) is 11.8 Å². The van der Waals surface area contributed by atoms with E-state index in [0.29, 0.717) is 19.1 Å². The van der Waals surface area contributed by atoms with Crippen molar-refractivity contribution in [3.63, 3.8) is 0 Å². The topological polar surface area (TPSA) is 47.4 Å². The third-order valence-electron chi connectivity index (χ3n) is 7.47. The summed E-state index contributed by atoms with van der Waals surface area (Å²) in [6.07, 6.45) is 6.73. The van der Waals surface area contributed by atoms with Crippen LogP contribution < -0.4 is 9.64 Å². The van der Waals surface area contributed by atoms with Gasteiger partial charge in [-0.15, -0.1) is 0 Å². The molecule has 0 saturated carbocycles. The summed E-state index contributed by atoms with van der Waals surface area (Å²) < 4.78 is 8.05. The average Bonchev–Trinajstić information content (AvgIpc) is 3.42. The Kier molecular flexibility index (Phi) is 7.92. The minimum absolute atomic E-state index is 0.132. The van der Waals surface area contributed by atoms with Gasteiger partial charge in [-0.25, -0.2) is 0 Å². The lowest BCUT2D eigenvalue weighted by Crippen LogP contribution is -2.36. The van der Waals surface area contributed by atoms with Gasteiger partial charge in [-0.1, -0.05) is 62.4 Å². The number of hydrogen-bond donors (Lipinski definition) is 0. The van der Waals surface area contributed by atoms with E-state index >= 15 is 0 Å². The maximum atomic E-state index is 14.3. The fraction of sp³-hybridized carbons (Fsp3) is 0.333. The van der Waals surface area contributed by atoms with Crippen LogP contribution in [0.1, 0.15) is 73.3 Å². The first-order chi connectivity index (χ1) is 18.5. The SMILES string of the molecule is CCn1cc(CN(C(=O)C2CCCc3ccc(OCc4ccccc4)cc32)c2ccc(C(C)C)cc2)cn1. The van der Waals surface area contributed by atoms with Gasteiger partial charge in [0.2, 0.25) is 5.91 Å². The van der Waals surface area contributed by atoms with Gasteiger partial charge in [-0.2, -0.15) is 5.10 Å². The van der Waals surface area contributed by atoms with Crippen molar-refractivity contribution >= 4 is 11.6 Å². The molecule has 1 atom stereocenters. The smallest absolute Gasteiger partial charge is 0.234 e. The first-order valence-corrected chi connectivity index (χ1v) is 13.7. The molecule has 0 spiro atoms. The van der Waals surface area contributed by atoms with E-state index < -0.39 is 0 Å². The maximum Gasteiger partial charge on any atom is 0.234 e. The summed E-state index contributed by atoms with van der Waals surface area (Å²) >= 11 is 0. The first-order valence-electron chi connectivity index (χ1n) is 13.7. The summed E-state index contributed by atoms with van der Waals surface area (Å²) in [4.78, 5) is 16.3. The number of amides is 1. The van der Waals surface area contributed by atoms with E-state index in [1.807, 2.05) is 46.2 Å². The van der Waals surface area contributed by atoms with Crippen LogP contribution in [0.4, 0.5) is 5.69 Å². The average molecular weight is 508 g/mol. The number of ether oxygens (including phenoxy) is 1. The largest absolute Gasteiger partial charge is 0.489 e. The van der Waals surface area contributed by atoms with Gasteiger partial charge in [0.15, 0.2) is 0 Å². The van der Waals surface area contributed by atoms with Crippen molar-refractivity contribution in [2.45, 2.75) is 71.6 Å². The minimum atomic E-state index is -0.204. The normalized spacial score (nSPS) is 14.8. The van der Waals surface area contributed by atoms with Crippen molar-refractivity contribution in [2.75, 3.05) is 4.90 Å². The van der Waals surface area contributed by atoms with Crippen molar-refractivity contribution in [3.8, 4) is 5.75 Å². The summed E-state index contributed by atoms with van der Waals surface area (Å²) in [7, 11) is 0. The molecule has 1 unspecified atom stereocenters. The monoisotopic (exact) mass is 507 g/mol. The molecule has 0 bridgehead atoms. The van der Waals surface area contributed by atoms with Gasteiger partial charge in [0.1, 0.15) is 12.4 Å². The molecule has 0 N–H and O–H groups in total. The van der Waals surface area contributed by atoms with Crippen LogP contribution in [0, 0.1) is 0 Å². The molecule has 1 aromatic heterocycles. The van der Waals surface area contributed by atoms with Gasteiger partial charge < -0.3 is 9.64 Å². The highest BCUT2D eigenvalue weighted by atomic mass is 16.5. The Balaban J connectivity index is 1.43. The van der Waals surface area contributed by atoms with Gasteiger partial charge in [0.25, 0.3) is 0 Å². The molecule has 196 valence electrons. The lowest BCUT2D eigenvalue weighted by Gasteiger charge is -2.31. The zero-order valence-corrected chi connectivity index (χ0v) is 22.6. The first kappa shape index (κ1) is 25.8. The lowest BCUT2D eigenvalue weighted by atomic mass is 9.81. The molecular formula is C33H37N3O2. The molecule has 38 heavy (non-hydrogen) atoms. The molecule has 3 aromatic carbocycles. The number of rotatable bonds is 9. The molecule has 1 aliphatic carbocycles. The van der Waals surface area contributed by atoms with Crippen molar-refractivity contribution in [2.24, 2.45) is 0 Å². The van der Waals surface area contributed by atoms with Crippen LogP contribution in [0.2, 0.25) is 0 Å². The Hall–Kier alpha value is -3.86. The van der Waals surface area contributed by atoms with Gasteiger partial charge in [-0.05, 0) is 78.6 Å². The van der Waals surface area contributed by atoms with E-state index in [1.54, 1.807) is 0 Å². The second-order valence-electron chi connectivity index (χ2n) is 10.5. The van der Waals surface area contributed by atoms with E-state index in [1.165, 1.54) is 11.1 Å². The molecule has 0 fully saturated rings. The maximum absolute atomic E-state index is 14.3. The van der Waals surface area contributed by atoms with Crippen LogP contribution in [-0.2, 0) is 30.9 Å². The Bertz CT molecular complexity index is 1360. The van der Waals surface area contributed by atoms with E-state index in [4.69, 9.17) is 4.74 Å². The fourth-order valence-corrected chi connectivity index (χ4v) is 5.23. The molecule has 4 aromatic rings. The molecule has 5 rings (SSSR count). The highest BCUT2D eigenvalue weighted by Crippen LogP contribution is 2.37. The van der Waals surface area contributed by atoms with E-state index in [9.17, 15) is 4.79 Å². The van der Waals surface area contributed by atoms with Crippen molar-refractivity contribution in [3.05, 3.63) is 113 Å². The molecule has 5 nitrogen and oxygen atoms in total. The van der Waals surface area contributed by atoms with Gasteiger partial charge in [0, 0.05) is 24.0 Å². The van der Waals surface area contributed by atoms with Crippen LogP contribution >= 0.6 is 0 Å². The van der Waals surface area contributed by atoms with Crippen LogP contribution in [0.25, 0.3) is 0 Å². The number of aromatic nitrogens is 2.